The summed E-state index contributed by atoms with van der Waals surface area (Å²) in [5, 5.41) is 21.2. The molecule has 1 aliphatic heterocycles. The lowest BCUT2D eigenvalue weighted by molar-refractivity contribution is -0.384. The Balaban J connectivity index is 1.65. The van der Waals surface area contributed by atoms with Gasteiger partial charge in [0.2, 0.25) is 0 Å². The molecule has 0 bridgehead atoms. The van der Waals surface area contributed by atoms with Gasteiger partial charge in [-0.25, -0.2) is 4.79 Å². The number of carbonyl (C=O) groups excluding carboxylic acids is 1. The molecule has 10 heteroatoms. The minimum Gasteiger partial charge on any atom is -0.479 e. The first kappa shape index (κ1) is 22.4. The average molecular weight is 481 g/mol. The number of carbonyl (C=O) groups is 2. The number of hydrogen-bond acceptors (Lipinski definition) is 7. The van der Waals surface area contributed by atoms with E-state index in [1.807, 2.05) is 0 Å². The quantitative estimate of drug-likeness (QED) is 0.222. The zero-order chi connectivity index (χ0) is 23.7. The van der Waals surface area contributed by atoms with Gasteiger partial charge in [-0.2, -0.15) is 0 Å². The minimum atomic E-state index is -1.26. The number of thiocarbonyl (C=S) groups is 1. The van der Waals surface area contributed by atoms with Crippen molar-refractivity contribution in [1.29, 1.82) is 0 Å². The van der Waals surface area contributed by atoms with Gasteiger partial charge in [-0.1, -0.05) is 60.4 Å². The Bertz CT molecular complexity index is 1320. The Morgan fingerprint density at radius 1 is 1.21 bits per heavy atom. The predicted molar refractivity (Wildman–Crippen MR) is 127 cm³/mol. The highest BCUT2D eigenvalue weighted by molar-refractivity contribution is 8.26. The summed E-state index contributed by atoms with van der Waals surface area (Å²) >= 11 is 6.27. The van der Waals surface area contributed by atoms with Crippen LogP contribution >= 0.6 is 24.0 Å². The number of nitro benzene ring substituents is 1. The molecule has 2 aromatic carbocycles. The van der Waals surface area contributed by atoms with Gasteiger partial charge in [0.1, 0.15) is 15.8 Å². The molecule has 1 amide bonds. The molecule has 4 rings (SSSR count). The van der Waals surface area contributed by atoms with Crippen molar-refractivity contribution in [1.82, 2.24) is 4.90 Å². The smallest absolute Gasteiger partial charge is 0.331 e. The number of carboxylic acid groups (broad SMARTS) is 1. The molecule has 1 N–H and O–H groups in total. The summed E-state index contributed by atoms with van der Waals surface area (Å²) in [5.41, 5.74) is 1.39. The lowest BCUT2D eigenvalue weighted by Crippen LogP contribution is -2.37. The molecule has 0 radical (unpaired) electrons. The van der Waals surface area contributed by atoms with Crippen molar-refractivity contribution in [2.45, 2.75) is 13.0 Å². The lowest BCUT2D eigenvalue weighted by Gasteiger charge is -2.23. The van der Waals surface area contributed by atoms with Gasteiger partial charge in [0.25, 0.3) is 11.6 Å². The van der Waals surface area contributed by atoms with Crippen molar-refractivity contribution in [3.8, 4) is 11.3 Å². The monoisotopic (exact) mass is 480 g/mol. The summed E-state index contributed by atoms with van der Waals surface area (Å²) < 4.78 is 5.86. The predicted octanol–water partition coefficient (Wildman–Crippen LogP) is 5.19. The Kier molecular flexibility index (Phi) is 6.12. The van der Waals surface area contributed by atoms with Gasteiger partial charge in [0, 0.05) is 12.1 Å². The second kappa shape index (κ2) is 9.00. The van der Waals surface area contributed by atoms with Crippen LogP contribution in [-0.4, -0.2) is 31.1 Å². The van der Waals surface area contributed by atoms with E-state index in [4.69, 9.17) is 16.6 Å². The summed E-state index contributed by atoms with van der Waals surface area (Å²) in [6.45, 7) is 1.76. The number of thioether (sulfide) groups is 1. The van der Waals surface area contributed by atoms with Gasteiger partial charge in [-0.3, -0.25) is 19.8 Å². The van der Waals surface area contributed by atoms with Crippen LogP contribution in [0.1, 0.15) is 22.9 Å². The van der Waals surface area contributed by atoms with E-state index < -0.39 is 22.8 Å². The molecule has 2 heterocycles. The van der Waals surface area contributed by atoms with E-state index in [1.165, 1.54) is 12.1 Å². The van der Waals surface area contributed by atoms with Crippen LogP contribution in [-0.2, 0) is 9.59 Å². The molecule has 1 atom stereocenters. The SMILES string of the molecule is Cc1ccc(-c2ccc(/C=C3/SC(=S)N([C@@H](C(=O)O)c4ccccc4)C3=O)o2)c([N+](=O)[O-])c1. The van der Waals surface area contributed by atoms with Crippen molar-refractivity contribution < 1.29 is 24.0 Å². The van der Waals surface area contributed by atoms with E-state index in [2.05, 4.69) is 0 Å². The maximum atomic E-state index is 13.1. The standard InChI is InChI=1S/C23H16N2O6S2/c1-13-7-9-16(17(11-13)25(29)30)18-10-8-15(31-18)12-19-21(26)24(23(32)33-19)20(22(27)28)14-5-3-2-4-6-14/h2-12,20H,1H3,(H,27,28)/b19-12+/t20-/m1/s1. The van der Waals surface area contributed by atoms with Gasteiger partial charge in [0.05, 0.1) is 15.4 Å². The normalized spacial score (nSPS) is 15.8. The summed E-state index contributed by atoms with van der Waals surface area (Å²) in [4.78, 5) is 37.2. The average Bonchev–Trinajstić information content (AvgIpc) is 3.34. The largest absolute Gasteiger partial charge is 0.479 e. The van der Waals surface area contributed by atoms with Crippen LogP contribution in [0.5, 0.6) is 0 Å². The Morgan fingerprint density at radius 3 is 2.61 bits per heavy atom. The highest BCUT2D eigenvalue weighted by Gasteiger charge is 2.41. The van der Waals surface area contributed by atoms with Crippen molar-refractivity contribution >= 4 is 51.9 Å². The molecular weight excluding hydrogens is 464 g/mol. The second-order valence-corrected chi connectivity index (χ2v) is 8.86. The van der Waals surface area contributed by atoms with Crippen LogP contribution in [0, 0.1) is 17.0 Å². The number of rotatable bonds is 6. The maximum Gasteiger partial charge on any atom is 0.331 e. The molecule has 0 unspecified atom stereocenters. The van der Waals surface area contributed by atoms with Gasteiger partial charge >= 0.3 is 5.97 Å². The Morgan fingerprint density at radius 2 is 1.94 bits per heavy atom. The topological polar surface area (TPSA) is 114 Å². The fraction of sp³-hybridized carbons (Fsp3) is 0.0870. The number of hydrogen-bond donors (Lipinski definition) is 1. The molecule has 166 valence electrons. The fourth-order valence-corrected chi connectivity index (χ4v) is 4.74. The number of aryl methyl sites for hydroxylation is 1. The third-order valence-electron chi connectivity index (χ3n) is 4.95. The van der Waals surface area contributed by atoms with Gasteiger partial charge in [-0.05, 0) is 36.2 Å². The minimum absolute atomic E-state index is 0.0885. The molecular formula is C23H16N2O6S2. The molecule has 33 heavy (non-hydrogen) atoms. The van der Waals surface area contributed by atoms with Crippen molar-refractivity contribution in [2.24, 2.45) is 0 Å². The van der Waals surface area contributed by atoms with Crippen LogP contribution in [0.3, 0.4) is 0 Å². The van der Waals surface area contributed by atoms with Gasteiger partial charge in [-0.15, -0.1) is 0 Å². The van der Waals surface area contributed by atoms with Crippen LogP contribution in [0.15, 0.2) is 70.0 Å². The summed E-state index contributed by atoms with van der Waals surface area (Å²) in [5.74, 6) is -1.20. The van der Waals surface area contributed by atoms with Crippen molar-refractivity contribution in [3.05, 3.63) is 92.6 Å². The van der Waals surface area contributed by atoms with Crippen LogP contribution in [0.2, 0.25) is 0 Å². The van der Waals surface area contributed by atoms with E-state index in [0.29, 0.717) is 11.1 Å². The maximum absolute atomic E-state index is 13.1. The van der Waals surface area contributed by atoms with E-state index in [9.17, 15) is 24.8 Å². The van der Waals surface area contributed by atoms with Gasteiger partial charge < -0.3 is 9.52 Å². The highest BCUT2D eigenvalue weighted by atomic mass is 32.2. The number of benzene rings is 2. The van der Waals surface area contributed by atoms with E-state index >= 15 is 0 Å². The fourth-order valence-electron chi connectivity index (χ4n) is 3.45. The highest BCUT2D eigenvalue weighted by Crippen LogP contribution is 2.39. The summed E-state index contributed by atoms with van der Waals surface area (Å²) in [6, 6.07) is 15.1. The molecule has 0 aliphatic carbocycles. The summed E-state index contributed by atoms with van der Waals surface area (Å²) in [7, 11) is 0. The zero-order valence-corrected chi connectivity index (χ0v) is 18.8. The first-order chi connectivity index (χ1) is 15.8. The Hall–Kier alpha value is -3.76. The lowest BCUT2D eigenvalue weighted by atomic mass is 10.1. The zero-order valence-electron chi connectivity index (χ0n) is 17.1. The Labute approximate surface area is 197 Å². The molecule has 1 fully saturated rings. The number of furan rings is 1. The number of aliphatic carboxylic acids is 1. The van der Waals surface area contributed by atoms with E-state index in [0.717, 1.165) is 22.2 Å². The number of carboxylic acids is 1. The van der Waals surface area contributed by atoms with Crippen LogP contribution < -0.4 is 0 Å². The first-order valence-electron chi connectivity index (χ1n) is 9.66. The number of amides is 1. The molecule has 1 saturated heterocycles. The van der Waals surface area contributed by atoms with E-state index in [1.54, 1.807) is 61.5 Å². The number of nitrogens with zero attached hydrogens (tertiary/aromatic N) is 2. The molecule has 3 aromatic rings. The van der Waals surface area contributed by atoms with Gasteiger partial charge in [0.15, 0.2) is 6.04 Å². The van der Waals surface area contributed by atoms with Crippen molar-refractivity contribution in [3.63, 3.8) is 0 Å². The molecule has 1 aliphatic rings. The first-order valence-corrected chi connectivity index (χ1v) is 10.9. The van der Waals surface area contributed by atoms with Crippen molar-refractivity contribution in [2.75, 3.05) is 0 Å². The van der Waals surface area contributed by atoms with Crippen LogP contribution in [0.25, 0.3) is 17.4 Å². The molecule has 0 spiro atoms. The second-order valence-electron chi connectivity index (χ2n) is 7.18. The third-order valence-corrected chi connectivity index (χ3v) is 6.28. The number of nitro groups is 1. The molecule has 0 saturated carbocycles. The summed E-state index contributed by atoms with van der Waals surface area (Å²) in [6.07, 6.45) is 1.45. The van der Waals surface area contributed by atoms with Crippen LogP contribution in [0.4, 0.5) is 5.69 Å². The third kappa shape index (κ3) is 4.43. The molecule has 1 aromatic heterocycles. The van der Waals surface area contributed by atoms with E-state index in [-0.39, 0.29) is 26.4 Å². The molecule has 8 nitrogen and oxygen atoms in total.